The standard InChI is InChI=1S/C18H20N6O/c25-18-21-17(22-23-18)14-4-3-9-24(12-14)11-13-6-7-16(20-10-13)15-5-1-2-8-19-15/h1-2,5-8,10,14H,3-4,9,11-12H2,(H2,21,22,23,25). The Kier molecular flexibility index (Phi) is 4.39. The maximum absolute atomic E-state index is 11.3. The molecule has 2 N–H and O–H groups in total. The molecule has 128 valence electrons. The highest BCUT2D eigenvalue weighted by molar-refractivity contribution is 5.53. The summed E-state index contributed by atoms with van der Waals surface area (Å²) in [6.07, 6.45) is 5.84. The number of likely N-dealkylation sites (tertiary alicyclic amines) is 1. The van der Waals surface area contributed by atoms with Crippen LogP contribution < -0.4 is 5.69 Å². The lowest BCUT2D eigenvalue weighted by Crippen LogP contribution is -2.34. The molecule has 1 unspecified atom stereocenters. The van der Waals surface area contributed by atoms with Gasteiger partial charge in [-0.2, -0.15) is 5.10 Å². The molecule has 4 heterocycles. The lowest BCUT2D eigenvalue weighted by molar-refractivity contribution is 0.196. The van der Waals surface area contributed by atoms with Crippen LogP contribution in [0, 0.1) is 0 Å². The van der Waals surface area contributed by atoms with Crippen LogP contribution in [0.15, 0.2) is 47.5 Å². The van der Waals surface area contributed by atoms with Crippen LogP contribution in [0.1, 0.15) is 30.1 Å². The third kappa shape index (κ3) is 3.66. The van der Waals surface area contributed by atoms with Crippen LogP contribution in [0.2, 0.25) is 0 Å². The zero-order chi connectivity index (χ0) is 17.1. The minimum atomic E-state index is -0.235. The molecule has 0 aromatic carbocycles. The summed E-state index contributed by atoms with van der Waals surface area (Å²) < 4.78 is 0. The Morgan fingerprint density at radius 3 is 2.80 bits per heavy atom. The molecular formula is C18H20N6O. The molecule has 0 radical (unpaired) electrons. The summed E-state index contributed by atoms with van der Waals surface area (Å²) in [5, 5.41) is 6.54. The Morgan fingerprint density at radius 1 is 1.16 bits per heavy atom. The molecule has 7 heteroatoms. The summed E-state index contributed by atoms with van der Waals surface area (Å²) in [5.41, 5.74) is 2.71. The molecule has 1 aliphatic heterocycles. The maximum Gasteiger partial charge on any atom is 0.340 e. The molecule has 25 heavy (non-hydrogen) atoms. The summed E-state index contributed by atoms with van der Waals surface area (Å²) in [6.45, 7) is 2.79. The monoisotopic (exact) mass is 336 g/mol. The van der Waals surface area contributed by atoms with Crippen LogP contribution in [0.25, 0.3) is 11.4 Å². The lowest BCUT2D eigenvalue weighted by Gasteiger charge is -2.31. The fraction of sp³-hybridized carbons (Fsp3) is 0.333. The Labute approximate surface area is 145 Å². The Bertz CT molecular complexity index is 870. The van der Waals surface area contributed by atoms with Gasteiger partial charge in [0.25, 0.3) is 0 Å². The quantitative estimate of drug-likeness (QED) is 0.760. The van der Waals surface area contributed by atoms with Crippen molar-refractivity contribution in [2.24, 2.45) is 0 Å². The largest absolute Gasteiger partial charge is 0.340 e. The molecule has 3 aromatic heterocycles. The molecule has 1 fully saturated rings. The molecule has 7 nitrogen and oxygen atoms in total. The minimum Gasteiger partial charge on any atom is -0.298 e. The first-order valence-corrected chi connectivity index (χ1v) is 8.51. The van der Waals surface area contributed by atoms with Gasteiger partial charge in [0.2, 0.25) is 0 Å². The number of rotatable bonds is 4. The SMILES string of the molecule is O=c1[nH]nc(C2CCCN(Cc3ccc(-c4ccccn4)nc3)C2)[nH]1. The molecule has 0 spiro atoms. The summed E-state index contributed by atoms with van der Waals surface area (Å²) >= 11 is 0. The highest BCUT2D eigenvalue weighted by Crippen LogP contribution is 2.25. The van der Waals surface area contributed by atoms with Gasteiger partial charge in [0, 0.05) is 31.4 Å². The molecule has 3 aromatic rings. The van der Waals surface area contributed by atoms with Crippen LogP contribution in [0.3, 0.4) is 0 Å². The zero-order valence-corrected chi connectivity index (χ0v) is 13.9. The van der Waals surface area contributed by atoms with E-state index in [2.05, 4.69) is 36.1 Å². The average molecular weight is 336 g/mol. The second-order valence-corrected chi connectivity index (χ2v) is 6.40. The van der Waals surface area contributed by atoms with Crippen molar-refractivity contribution in [1.29, 1.82) is 0 Å². The molecule has 4 rings (SSSR count). The van der Waals surface area contributed by atoms with Gasteiger partial charge < -0.3 is 0 Å². The van der Waals surface area contributed by atoms with Gasteiger partial charge in [-0.3, -0.25) is 19.9 Å². The van der Waals surface area contributed by atoms with Gasteiger partial charge in [-0.15, -0.1) is 0 Å². The van der Waals surface area contributed by atoms with E-state index in [-0.39, 0.29) is 11.6 Å². The first-order chi connectivity index (χ1) is 12.3. The maximum atomic E-state index is 11.3. The summed E-state index contributed by atoms with van der Waals surface area (Å²) in [6, 6.07) is 9.95. The van der Waals surface area contributed by atoms with Gasteiger partial charge in [0.1, 0.15) is 5.82 Å². The summed E-state index contributed by atoms with van der Waals surface area (Å²) in [5.74, 6) is 1.03. The van der Waals surface area contributed by atoms with Gasteiger partial charge in [0.05, 0.1) is 11.4 Å². The molecule has 0 aliphatic carbocycles. The first kappa shape index (κ1) is 15.7. The van der Waals surface area contributed by atoms with Crippen molar-refractivity contribution in [2.45, 2.75) is 25.3 Å². The van der Waals surface area contributed by atoms with E-state index in [0.29, 0.717) is 0 Å². The van der Waals surface area contributed by atoms with Crippen molar-refractivity contribution in [1.82, 2.24) is 30.0 Å². The minimum absolute atomic E-state index is 0.235. The van der Waals surface area contributed by atoms with Crippen molar-refractivity contribution in [3.05, 3.63) is 64.6 Å². The van der Waals surface area contributed by atoms with Crippen LogP contribution in [-0.4, -0.2) is 43.1 Å². The number of aromatic nitrogens is 5. The van der Waals surface area contributed by atoms with E-state index in [1.165, 1.54) is 5.56 Å². The van der Waals surface area contributed by atoms with E-state index in [4.69, 9.17) is 0 Å². The second-order valence-electron chi connectivity index (χ2n) is 6.40. The summed E-state index contributed by atoms with van der Waals surface area (Å²) in [7, 11) is 0. The van der Waals surface area contributed by atoms with Gasteiger partial charge in [-0.1, -0.05) is 12.1 Å². The number of nitrogens with one attached hydrogen (secondary N) is 2. The third-order valence-electron chi connectivity index (χ3n) is 4.57. The fourth-order valence-electron chi connectivity index (χ4n) is 3.34. The molecule has 1 aliphatic rings. The molecule has 1 saturated heterocycles. The Hall–Kier alpha value is -2.80. The van der Waals surface area contributed by atoms with E-state index >= 15 is 0 Å². The molecule has 0 amide bonds. The topological polar surface area (TPSA) is 90.6 Å². The van der Waals surface area contributed by atoms with Crippen molar-refractivity contribution in [2.75, 3.05) is 13.1 Å². The highest BCUT2D eigenvalue weighted by atomic mass is 16.1. The predicted molar refractivity (Wildman–Crippen MR) is 93.9 cm³/mol. The number of hydrogen-bond acceptors (Lipinski definition) is 5. The van der Waals surface area contributed by atoms with Crippen molar-refractivity contribution < 1.29 is 0 Å². The van der Waals surface area contributed by atoms with E-state index in [1.54, 1.807) is 6.20 Å². The lowest BCUT2D eigenvalue weighted by atomic mass is 9.97. The van der Waals surface area contributed by atoms with Crippen LogP contribution in [-0.2, 0) is 6.54 Å². The van der Waals surface area contributed by atoms with E-state index < -0.39 is 0 Å². The van der Waals surface area contributed by atoms with Crippen LogP contribution in [0.4, 0.5) is 0 Å². The third-order valence-corrected chi connectivity index (χ3v) is 4.57. The van der Waals surface area contributed by atoms with Gasteiger partial charge in [0.15, 0.2) is 0 Å². The number of piperidine rings is 1. The molecule has 0 saturated carbocycles. The molecule has 1 atom stereocenters. The number of hydrogen-bond donors (Lipinski definition) is 2. The number of aromatic amines is 2. The normalized spacial score (nSPS) is 18.3. The summed E-state index contributed by atoms with van der Waals surface area (Å²) in [4.78, 5) is 25.3. The highest BCUT2D eigenvalue weighted by Gasteiger charge is 2.23. The smallest absolute Gasteiger partial charge is 0.298 e. The number of nitrogens with zero attached hydrogens (tertiary/aromatic N) is 4. The van der Waals surface area contributed by atoms with Crippen LogP contribution in [0.5, 0.6) is 0 Å². The van der Waals surface area contributed by atoms with Crippen molar-refractivity contribution in [3.8, 4) is 11.4 Å². The van der Waals surface area contributed by atoms with E-state index in [0.717, 1.165) is 49.7 Å². The fourth-order valence-corrected chi connectivity index (χ4v) is 3.34. The predicted octanol–water partition coefficient (Wildman–Crippen LogP) is 1.93. The average Bonchev–Trinajstić information content (AvgIpc) is 3.10. The van der Waals surface area contributed by atoms with Gasteiger partial charge in [-0.05, 0) is 43.1 Å². The van der Waals surface area contributed by atoms with Gasteiger partial charge in [-0.25, -0.2) is 9.89 Å². The van der Waals surface area contributed by atoms with Crippen molar-refractivity contribution in [3.63, 3.8) is 0 Å². The Balaban J connectivity index is 1.42. The molecule has 0 bridgehead atoms. The molecular weight excluding hydrogens is 316 g/mol. The second kappa shape index (κ2) is 6.98. The van der Waals surface area contributed by atoms with Crippen molar-refractivity contribution >= 4 is 0 Å². The van der Waals surface area contributed by atoms with E-state index in [1.807, 2.05) is 30.5 Å². The first-order valence-electron chi connectivity index (χ1n) is 8.51. The number of H-pyrrole nitrogens is 2. The van der Waals surface area contributed by atoms with Crippen LogP contribution >= 0.6 is 0 Å². The number of pyridine rings is 2. The zero-order valence-electron chi connectivity index (χ0n) is 13.9. The van der Waals surface area contributed by atoms with E-state index in [9.17, 15) is 4.79 Å². The Morgan fingerprint density at radius 2 is 2.08 bits per heavy atom. The van der Waals surface area contributed by atoms with Gasteiger partial charge >= 0.3 is 5.69 Å².